The zero-order valence-corrected chi connectivity index (χ0v) is 13.5. The van der Waals surface area contributed by atoms with Crippen molar-refractivity contribution in [1.29, 1.82) is 0 Å². The molecule has 0 spiro atoms. The normalized spacial score (nSPS) is 26.0. The molecule has 3 heterocycles. The van der Waals surface area contributed by atoms with Gasteiger partial charge in [0.05, 0.1) is 29.7 Å². The molecule has 26 heavy (non-hydrogen) atoms. The number of hydrogen-bond donors (Lipinski definition) is 1. The zero-order chi connectivity index (χ0) is 18.1. The first-order valence-electron chi connectivity index (χ1n) is 8.00. The molecule has 2 aliphatic rings. The Labute approximate surface area is 147 Å². The van der Waals surface area contributed by atoms with Crippen LogP contribution in [-0.4, -0.2) is 45.3 Å². The van der Waals surface area contributed by atoms with Crippen molar-refractivity contribution < 1.29 is 19.2 Å². The number of rotatable bonds is 4. The molecule has 0 saturated carbocycles. The van der Waals surface area contributed by atoms with Gasteiger partial charge >= 0.3 is 5.82 Å². The molecular weight excluding hydrogens is 342 g/mol. The molecule has 0 aliphatic carbocycles. The summed E-state index contributed by atoms with van der Waals surface area (Å²) in [5.41, 5.74) is 3.49. The molecule has 10 heteroatoms. The van der Waals surface area contributed by atoms with E-state index in [4.69, 9.17) is 9.47 Å². The first-order valence-corrected chi connectivity index (χ1v) is 8.00. The van der Waals surface area contributed by atoms with Gasteiger partial charge in [-0.1, -0.05) is 18.2 Å². The highest BCUT2D eigenvalue weighted by Gasteiger charge is 2.44. The van der Waals surface area contributed by atoms with Gasteiger partial charge in [-0.3, -0.25) is 4.79 Å². The third-order valence-electron chi connectivity index (χ3n) is 4.29. The quantitative estimate of drug-likeness (QED) is 0.649. The van der Waals surface area contributed by atoms with Crippen LogP contribution in [0.25, 0.3) is 0 Å². The lowest BCUT2D eigenvalue weighted by Gasteiger charge is -2.26. The van der Waals surface area contributed by atoms with Crippen LogP contribution in [0.5, 0.6) is 0 Å². The smallest absolute Gasteiger partial charge is 0.358 e. The van der Waals surface area contributed by atoms with Gasteiger partial charge in [0.1, 0.15) is 12.1 Å². The molecule has 0 unspecified atom stereocenters. The lowest BCUT2D eigenvalue weighted by atomic mass is 10.0. The minimum absolute atomic E-state index is 0.234. The Kier molecular flexibility index (Phi) is 4.19. The Morgan fingerprint density at radius 2 is 2.15 bits per heavy atom. The van der Waals surface area contributed by atoms with E-state index in [0.29, 0.717) is 24.3 Å². The molecule has 2 aromatic rings. The first-order chi connectivity index (χ1) is 12.6. The highest BCUT2D eigenvalue weighted by Crippen LogP contribution is 2.33. The maximum absolute atomic E-state index is 12.1. The van der Waals surface area contributed by atoms with E-state index in [0.717, 1.165) is 0 Å². The van der Waals surface area contributed by atoms with Gasteiger partial charge in [-0.2, -0.15) is 9.78 Å². The highest BCUT2D eigenvalue weighted by atomic mass is 16.7. The minimum Gasteiger partial charge on any atom is -0.358 e. The van der Waals surface area contributed by atoms with Crippen molar-refractivity contribution in [2.24, 2.45) is 5.10 Å². The number of hydrogen-bond acceptors (Lipinski definition) is 7. The summed E-state index contributed by atoms with van der Waals surface area (Å²) in [6, 6.07) is 9.73. The molecule has 2 aliphatic heterocycles. The van der Waals surface area contributed by atoms with Crippen LogP contribution >= 0.6 is 0 Å². The number of amides is 1. The lowest BCUT2D eigenvalue weighted by Crippen LogP contribution is -2.38. The van der Waals surface area contributed by atoms with Gasteiger partial charge in [-0.25, -0.2) is 5.43 Å². The molecule has 3 atom stereocenters. The summed E-state index contributed by atoms with van der Waals surface area (Å²) in [4.78, 5) is 22.4. The predicted octanol–water partition coefficient (Wildman–Crippen LogP) is 1.26. The van der Waals surface area contributed by atoms with Gasteiger partial charge < -0.3 is 19.6 Å². The maximum Gasteiger partial charge on any atom is 0.389 e. The van der Waals surface area contributed by atoms with E-state index in [1.165, 1.54) is 16.9 Å². The fraction of sp³-hybridized carbons (Fsp3) is 0.312. The van der Waals surface area contributed by atoms with Crippen molar-refractivity contribution in [2.45, 2.75) is 24.9 Å². The van der Waals surface area contributed by atoms with E-state index in [1.54, 1.807) is 24.3 Å². The van der Waals surface area contributed by atoms with Crippen LogP contribution in [0.2, 0.25) is 0 Å². The molecule has 4 rings (SSSR count). The number of nitrogens with zero attached hydrogens (tertiary/aromatic N) is 4. The predicted molar refractivity (Wildman–Crippen MR) is 88.5 cm³/mol. The Hall–Kier alpha value is -3.11. The monoisotopic (exact) mass is 357 g/mol. The fourth-order valence-corrected chi connectivity index (χ4v) is 2.99. The van der Waals surface area contributed by atoms with Gasteiger partial charge in [0.2, 0.25) is 0 Å². The van der Waals surface area contributed by atoms with Crippen molar-refractivity contribution >= 4 is 17.4 Å². The number of ether oxygens (including phenoxy) is 2. The van der Waals surface area contributed by atoms with Crippen LogP contribution in [0.3, 0.4) is 0 Å². The minimum atomic E-state index is -0.627. The Bertz CT molecular complexity index is 865. The topological polar surface area (TPSA) is 121 Å². The van der Waals surface area contributed by atoms with E-state index in [2.05, 4.69) is 15.6 Å². The number of nitrogens with one attached hydrogen (secondary N) is 1. The highest BCUT2D eigenvalue weighted by molar-refractivity contribution is 5.96. The Balaban J connectivity index is 1.51. The van der Waals surface area contributed by atoms with E-state index in [1.807, 2.05) is 6.07 Å². The average Bonchev–Trinajstić information content (AvgIpc) is 3.30. The van der Waals surface area contributed by atoms with Crippen LogP contribution in [-0.2, 0) is 9.47 Å². The van der Waals surface area contributed by atoms with Crippen LogP contribution in [0.15, 0.2) is 47.7 Å². The SMILES string of the molecule is O=C(N/N=C1\C[C@H](n2ccc([N+](=O)[O-])n2)[C@@H]2CO[C@H]1O2)c1ccccc1. The molecule has 2 bridgehead atoms. The van der Waals surface area contributed by atoms with E-state index in [-0.39, 0.29) is 23.9 Å². The van der Waals surface area contributed by atoms with E-state index < -0.39 is 11.2 Å². The molecule has 1 N–H and O–H groups in total. The van der Waals surface area contributed by atoms with Crippen molar-refractivity contribution in [3.8, 4) is 0 Å². The van der Waals surface area contributed by atoms with Crippen molar-refractivity contribution in [2.75, 3.05) is 6.61 Å². The van der Waals surface area contributed by atoms with Crippen LogP contribution in [0.4, 0.5) is 5.82 Å². The standard InChI is InChI=1S/C16H15N5O5/c22-15(10-4-2-1-3-5-10)18-17-11-8-12(13-9-25-16(11)26-13)20-7-6-14(19-20)21(23)24/h1-7,12-13,16H,8-9H2,(H,18,22)/b17-11+/t12-,13-,16-/m0/s1. The summed E-state index contributed by atoms with van der Waals surface area (Å²) in [6.07, 6.45) is 1.04. The number of hydrazone groups is 1. The first kappa shape index (κ1) is 16.4. The van der Waals surface area contributed by atoms with Gasteiger partial charge in [0.25, 0.3) is 5.91 Å². The third-order valence-corrected chi connectivity index (χ3v) is 4.29. The van der Waals surface area contributed by atoms with Gasteiger partial charge in [0.15, 0.2) is 6.29 Å². The molecule has 2 fully saturated rings. The number of aromatic nitrogens is 2. The van der Waals surface area contributed by atoms with Gasteiger partial charge in [-0.05, 0) is 17.1 Å². The third kappa shape index (κ3) is 3.07. The second-order valence-corrected chi connectivity index (χ2v) is 5.93. The molecule has 1 aromatic heterocycles. The number of benzene rings is 1. The molecular formula is C16H15N5O5. The van der Waals surface area contributed by atoms with Crippen LogP contribution < -0.4 is 5.43 Å². The molecule has 134 valence electrons. The average molecular weight is 357 g/mol. The van der Waals surface area contributed by atoms with Crippen molar-refractivity contribution in [3.05, 3.63) is 58.3 Å². The van der Waals surface area contributed by atoms with Gasteiger partial charge in [0, 0.05) is 12.0 Å². The Morgan fingerprint density at radius 1 is 1.35 bits per heavy atom. The second kappa shape index (κ2) is 6.65. The summed E-state index contributed by atoms with van der Waals surface area (Å²) < 4.78 is 12.8. The largest absolute Gasteiger partial charge is 0.389 e. The lowest BCUT2D eigenvalue weighted by molar-refractivity contribution is -0.389. The summed E-state index contributed by atoms with van der Waals surface area (Å²) in [6.45, 7) is 0.328. The van der Waals surface area contributed by atoms with E-state index >= 15 is 0 Å². The van der Waals surface area contributed by atoms with Crippen LogP contribution in [0, 0.1) is 10.1 Å². The second-order valence-electron chi connectivity index (χ2n) is 5.93. The summed E-state index contributed by atoms with van der Waals surface area (Å²) in [5, 5.41) is 19.0. The fourth-order valence-electron chi connectivity index (χ4n) is 2.99. The number of fused-ring (bicyclic) bond motifs is 2. The summed E-state index contributed by atoms with van der Waals surface area (Å²) in [7, 11) is 0. The maximum atomic E-state index is 12.1. The molecule has 1 amide bonds. The molecule has 2 saturated heterocycles. The Morgan fingerprint density at radius 3 is 2.88 bits per heavy atom. The van der Waals surface area contributed by atoms with Crippen molar-refractivity contribution in [3.63, 3.8) is 0 Å². The summed E-state index contributed by atoms with van der Waals surface area (Å²) in [5.74, 6) is -0.577. The number of carbonyl (C=O) groups excluding carboxylic acids is 1. The summed E-state index contributed by atoms with van der Waals surface area (Å²) >= 11 is 0. The van der Waals surface area contributed by atoms with E-state index in [9.17, 15) is 14.9 Å². The molecule has 1 aromatic carbocycles. The van der Waals surface area contributed by atoms with Crippen LogP contribution in [0.1, 0.15) is 22.8 Å². The molecule has 0 radical (unpaired) electrons. The number of carbonyl (C=O) groups is 1. The van der Waals surface area contributed by atoms with Gasteiger partial charge in [-0.15, -0.1) is 0 Å². The number of nitro groups is 1. The molecule has 10 nitrogen and oxygen atoms in total. The van der Waals surface area contributed by atoms with Crippen molar-refractivity contribution in [1.82, 2.24) is 15.2 Å². The zero-order valence-electron chi connectivity index (χ0n) is 13.5.